The van der Waals surface area contributed by atoms with Crippen LogP contribution in [0.15, 0.2) is 18.2 Å². The molecule has 0 bridgehead atoms. The van der Waals surface area contributed by atoms with Crippen LogP contribution in [0.1, 0.15) is 6.42 Å². The molecule has 1 N–H and O–H groups in total. The SMILES string of the molecule is COCCN(CCC(=O)Nc1ccc(OC)c(OC)c1)S(C)(=O)=O. The van der Waals surface area contributed by atoms with Crippen molar-refractivity contribution in [2.75, 3.05) is 52.6 Å². The van der Waals surface area contributed by atoms with Gasteiger partial charge in [-0.2, -0.15) is 4.31 Å². The van der Waals surface area contributed by atoms with Crippen molar-refractivity contribution in [1.82, 2.24) is 4.31 Å². The van der Waals surface area contributed by atoms with E-state index in [9.17, 15) is 13.2 Å². The number of rotatable bonds is 10. The smallest absolute Gasteiger partial charge is 0.225 e. The number of anilines is 1. The minimum absolute atomic E-state index is 0.0329. The topological polar surface area (TPSA) is 94.2 Å². The number of methoxy groups -OCH3 is 3. The zero-order valence-electron chi connectivity index (χ0n) is 14.4. The van der Waals surface area contributed by atoms with E-state index in [4.69, 9.17) is 14.2 Å². The largest absolute Gasteiger partial charge is 0.493 e. The molecular weight excluding hydrogens is 336 g/mol. The van der Waals surface area contributed by atoms with E-state index in [1.54, 1.807) is 18.2 Å². The first-order chi connectivity index (χ1) is 11.3. The number of benzene rings is 1. The molecule has 1 aromatic rings. The van der Waals surface area contributed by atoms with Crippen LogP contribution in [0.3, 0.4) is 0 Å². The van der Waals surface area contributed by atoms with E-state index in [0.29, 0.717) is 17.2 Å². The number of carbonyl (C=O) groups is 1. The monoisotopic (exact) mass is 360 g/mol. The van der Waals surface area contributed by atoms with Gasteiger partial charge in [0, 0.05) is 38.4 Å². The lowest BCUT2D eigenvalue weighted by atomic mass is 10.2. The molecule has 0 spiro atoms. The summed E-state index contributed by atoms with van der Waals surface area (Å²) in [6.07, 6.45) is 1.14. The van der Waals surface area contributed by atoms with Crippen molar-refractivity contribution in [3.63, 3.8) is 0 Å². The Hall–Kier alpha value is -1.84. The van der Waals surface area contributed by atoms with Gasteiger partial charge in [0.15, 0.2) is 11.5 Å². The van der Waals surface area contributed by atoms with Gasteiger partial charge in [-0.05, 0) is 12.1 Å². The predicted octanol–water partition coefficient (Wildman–Crippen LogP) is 0.940. The highest BCUT2D eigenvalue weighted by atomic mass is 32.2. The second-order valence-corrected chi connectivity index (χ2v) is 7.01. The molecular formula is C15H24N2O6S. The number of amides is 1. The van der Waals surface area contributed by atoms with Crippen molar-refractivity contribution in [2.45, 2.75) is 6.42 Å². The van der Waals surface area contributed by atoms with Gasteiger partial charge >= 0.3 is 0 Å². The van der Waals surface area contributed by atoms with Crippen molar-refractivity contribution < 1.29 is 27.4 Å². The van der Waals surface area contributed by atoms with Crippen molar-refractivity contribution in [1.29, 1.82) is 0 Å². The second kappa shape index (κ2) is 9.45. The molecule has 0 radical (unpaired) electrons. The number of hydrogen-bond donors (Lipinski definition) is 1. The Morgan fingerprint density at radius 1 is 1.12 bits per heavy atom. The lowest BCUT2D eigenvalue weighted by molar-refractivity contribution is -0.116. The number of sulfonamides is 1. The van der Waals surface area contributed by atoms with Gasteiger partial charge in [-0.3, -0.25) is 4.79 Å². The minimum atomic E-state index is -3.39. The van der Waals surface area contributed by atoms with Crippen LogP contribution < -0.4 is 14.8 Å². The number of hydrogen-bond acceptors (Lipinski definition) is 6. The number of ether oxygens (including phenoxy) is 3. The standard InChI is InChI=1S/C15H24N2O6S/c1-21-10-9-17(24(4,19)20)8-7-15(18)16-12-5-6-13(22-2)14(11-12)23-3/h5-6,11H,7-10H2,1-4H3,(H,16,18). The Morgan fingerprint density at radius 3 is 2.33 bits per heavy atom. The molecule has 0 saturated heterocycles. The molecule has 9 heteroatoms. The van der Waals surface area contributed by atoms with Crippen LogP contribution >= 0.6 is 0 Å². The summed E-state index contributed by atoms with van der Waals surface area (Å²) in [4.78, 5) is 12.0. The molecule has 0 unspecified atom stereocenters. The minimum Gasteiger partial charge on any atom is -0.493 e. The average molecular weight is 360 g/mol. The normalized spacial score (nSPS) is 11.4. The molecule has 0 atom stereocenters. The summed E-state index contributed by atoms with van der Waals surface area (Å²) < 4.78 is 39.7. The molecule has 1 amide bonds. The Bertz CT molecular complexity index is 647. The summed E-state index contributed by atoms with van der Waals surface area (Å²) >= 11 is 0. The molecule has 136 valence electrons. The maximum atomic E-state index is 12.0. The van der Waals surface area contributed by atoms with Crippen LogP contribution in [0, 0.1) is 0 Å². The Balaban J connectivity index is 2.65. The zero-order chi connectivity index (χ0) is 18.2. The molecule has 0 aliphatic carbocycles. The summed E-state index contributed by atoms with van der Waals surface area (Å²) in [6, 6.07) is 4.99. The Labute approximate surface area is 142 Å². The van der Waals surface area contributed by atoms with E-state index < -0.39 is 10.0 Å². The Kier molecular flexibility index (Phi) is 7.96. The fourth-order valence-corrected chi connectivity index (χ4v) is 2.83. The summed E-state index contributed by atoms with van der Waals surface area (Å²) in [6.45, 7) is 0.560. The van der Waals surface area contributed by atoms with Crippen LogP contribution in [0.2, 0.25) is 0 Å². The predicted molar refractivity (Wildman–Crippen MR) is 91.1 cm³/mol. The van der Waals surface area contributed by atoms with Gasteiger partial charge in [0.1, 0.15) is 0 Å². The van der Waals surface area contributed by atoms with Crippen molar-refractivity contribution >= 4 is 21.6 Å². The van der Waals surface area contributed by atoms with Crippen LogP contribution in [0.5, 0.6) is 11.5 Å². The van der Waals surface area contributed by atoms with E-state index >= 15 is 0 Å². The van der Waals surface area contributed by atoms with Gasteiger partial charge < -0.3 is 19.5 Å². The third kappa shape index (κ3) is 6.34. The molecule has 8 nitrogen and oxygen atoms in total. The first kappa shape index (κ1) is 20.2. The van der Waals surface area contributed by atoms with Gasteiger partial charge in [0.05, 0.1) is 27.1 Å². The maximum Gasteiger partial charge on any atom is 0.225 e. The van der Waals surface area contributed by atoms with Crippen LogP contribution in [0.4, 0.5) is 5.69 Å². The number of carbonyl (C=O) groups excluding carboxylic acids is 1. The fraction of sp³-hybridized carbons (Fsp3) is 0.533. The Morgan fingerprint density at radius 2 is 1.79 bits per heavy atom. The zero-order valence-corrected chi connectivity index (χ0v) is 15.2. The average Bonchev–Trinajstić information content (AvgIpc) is 2.53. The van der Waals surface area contributed by atoms with Crippen LogP contribution in [0.25, 0.3) is 0 Å². The summed E-state index contributed by atoms with van der Waals surface area (Å²) in [5.41, 5.74) is 0.542. The van der Waals surface area contributed by atoms with Gasteiger partial charge in [-0.15, -0.1) is 0 Å². The highest BCUT2D eigenvalue weighted by Gasteiger charge is 2.17. The van der Waals surface area contributed by atoms with E-state index in [-0.39, 0.29) is 32.0 Å². The van der Waals surface area contributed by atoms with Crippen LogP contribution in [-0.4, -0.2) is 65.9 Å². The summed E-state index contributed by atoms with van der Waals surface area (Å²) in [5.74, 6) is 0.750. The van der Waals surface area contributed by atoms with Crippen molar-refractivity contribution in [3.05, 3.63) is 18.2 Å². The highest BCUT2D eigenvalue weighted by molar-refractivity contribution is 7.88. The molecule has 0 saturated carbocycles. The molecule has 0 aliphatic rings. The van der Waals surface area contributed by atoms with E-state index in [0.717, 1.165) is 6.26 Å². The van der Waals surface area contributed by atoms with Gasteiger partial charge in [0.2, 0.25) is 15.9 Å². The third-order valence-corrected chi connectivity index (χ3v) is 4.57. The van der Waals surface area contributed by atoms with Crippen molar-refractivity contribution in [2.24, 2.45) is 0 Å². The maximum absolute atomic E-state index is 12.0. The van der Waals surface area contributed by atoms with E-state index in [2.05, 4.69) is 5.32 Å². The molecule has 0 aliphatic heterocycles. The number of nitrogens with zero attached hydrogens (tertiary/aromatic N) is 1. The quantitative estimate of drug-likeness (QED) is 0.667. The van der Waals surface area contributed by atoms with Gasteiger partial charge in [-0.25, -0.2) is 8.42 Å². The van der Waals surface area contributed by atoms with Crippen LogP contribution in [-0.2, 0) is 19.6 Å². The summed E-state index contributed by atoms with van der Waals surface area (Å²) in [5, 5.41) is 2.70. The second-order valence-electron chi connectivity index (χ2n) is 5.02. The first-order valence-corrected chi connectivity index (χ1v) is 9.12. The highest BCUT2D eigenvalue weighted by Crippen LogP contribution is 2.29. The third-order valence-electron chi connectivity index (χ3n) is 3.27. The molecule has 24 heavy (non-hydrogen) atoms. The fourth-order valence-electron chi connectivity index (χ4n) is 2.00. The lowest BCUT2D eigenvalue weighted by Gasteiger charge is -2.19. The molecule has 0 fully saturated rings. The summed E-state index contributed by atoms with van der Waals surface area (Å²) in [7, 11) is 1.13. The molecule has 0 heterocycles. The van der Waals surface area contributed by atoms with E-state index in [1.807, 2.05) is 0 Å². The molecule has 1 rings (SSSR count). The van der Waals surface area contributed by atoms with E-state index in [1.165, 1.54) is 25.6 Å². The van der Waals surface area contributed by atoms with Gasteiger partial charge in [-0.1, -0.05) is 0 Å². The first-order valence-electron chi connectivity index (χ1n) is 7.27. The number of nitrogens with one attached hydrogen (secondary N) is 1. The lowest BCUT2D eigenvalue weighted by Crippen LogP contribution is -2.35. The molecule has 0 aromatic heterocycles. The van der Waals surface area contributed by atoms with Gasteiger partial charge in [0.25, 0.3) is 0 Å². The van der Waals surface area contributed by atoms with Crippen molar-refractivity contribution in [3.8, 4) is 11.5 Å². The molecule has 1 aromatic carbocycles.